The van der Waals surface area contributed by atoms with E-state index >= 15 is 0 Å². The lowest BCUT2D eigenvalue weighted by Crippen LogP contribution is -2.30. The number of hydrogen-bond donors (Lipinski definition) is 0. The summed E-state index contributed by atoms with van der Waals surface area (Å²) < 4.78 is 0. The highest BCUT2D eigenvalue weighted by molar-refractivity contribution is 6.22. The molecule has 70 heavy (non-hydrogen) atoms. The summed E-state index contributed by atoms with van der Waals surface area (Å²) in [6.07, 6.45) is 0. The summed E-state index contributed by atoms with van der Waals surface area (Å²) in [4.78, 5) is 0. The molecule has 2 aliphatic carbocycles. The molecule has 0 aromatic heterocycles. The topological polar surface area (TPSA) is 0 Å². The molecule has 0 saturated heterocycles. The van der Waals surface area contributed by atoms with Crippen molar-refractivity contribution < 1.29 is 0 Å². The van der Waals surface area contributed by atoms with Crippen LogP contribution < -0.4 is 0 Å². The van der Waals surface area contributed by atoms with Crippen molar-refractivity contribution in [3.8, 4) is 33.4 Å². The van der Waals surface area contributed by atoms with Crippen LogP contribution in [0.25, 0.3) is 60.5 Å². The van der Waals surface area contributed by atoms with Crippen molar-refractivity contribution in [2.45, 2.75) is 37.5 Å². The molecule has 0 nitrogen and oxygen atoms in total. The van der Waals surface area contributed by atoms with E-state index in [0.717, 1.165) is 0 Å². The number of rotatable bonds is 8. The first kappa shape index (κ1) is 41.8. The van der Waals surface area contributed by atoms with Gasteiger partial charge < -0.3 is 0 Å². The Morgan fingerprint density at radius 2 is 0.657 bits per heavy atom. The van der Waals surface area contributed by atoms with Gasteiger partial charge in [-0.05, 0) is 159 Å². The third-order valence-corrected chi connectivity index (χ3v) is 15.8. The van der Waals surface area contributed by atoms with Gasteiger partial charge in [-0.2, -0.15) is 0 Å². The largest absolute Gasteiger partial charge is 0.0714 e. The lowest BCUT2D eigenvalue weighted by atomic mass is 9.65. The predicted molar refractivity (Wildman–Crippen MR) is 295 cm³/mol. The molecule has 332 valence electrons. The molecule has 0 N–H and O–H groups in total. The highest BCUT2D eigenvalue weighted by atomic mass is 14.5. The number of allylic oxidation sites excluding steroid dienone is 1. The summed E-state index contributed by atoms with van der Waals surface area (Å²) in [7, 11) is 0. The summed E-state index contributed by atoms with van der Waals surface area (Å²) in [5.41, 5.74) is 21.9. The quantitative estimate of drug-likeness (QED) is 0.133. The Hall–Kier alpha value is -8.32. The highest BCUT2D eigenvalue weighted by Crippen LogP contribution is 2.63. The fraction of sp³-hybridized carbons (Fsp3) is 0.0857. The molecule has 0 heteroatoms. The SMILES string of the molecule is CC1=C(c2ccccc2C(C)C)c2cc3c(cc2C1(c1ccccc1)c1ccccc1)-c1cc2c(-c4ccccc4)c4ccccc4c(-c4ccccc4)c2cc1C3(c1ccccc1)c1ccccc1. The van der Waals surface area contributed by atoms with E-state index in [1.54, 1.807) is 0 Å². The number of benzene rings is 11. The maximum absolute atomic E-state index is 2.64. The molecule has 0 aliphatic heterocycles. The van der Waals surface area contributed by atoms with Gasteiger partial charge in [0, 0.05) is 0 Å². The molecule has 0 amide bonds. The molecular formula is C70H52. The van der Waals surface area contributed by atoms with Crippen molar-refractivity contribution in [3.63, 3.8) is 0 Å². The van der Waals surface area contributed by atoms with Crippen molar-refractivity contribution in [1.29, 1.82) is 0 Å². The third-order valence-electron chi connectivity index (χ3n) is 15.8. The fourth-order valence-electron chi connectivity index (χ4n) is 13.0. The first-order valence-electron chi connectivity index (χ1n) is 24.9. The predicted octanol–water partition coefficient (Wildman–Crippen LogP) is 18.0. The van der Waals surface area contributed by atoms with Crippen LogP contribution in [0.15, 0.2) is 260 Å². The number of fused-ring (bicyclic) bond motifs is 6. The van der Waals surface area contributed by atoms with Crippen molar-refractivity contribution in [3.05, 3.63) is 316 Å². The lowest BCUT2D eigenvalue weighted by molar-refractivity contribution is 0.739. The average Bonchev–Trinajstić information content (AvgIpc) is 3.85. The monoisotopic (exact) mass is 892 g/mol. The highest BCUT2D eigenvalue weighted by Gasteiger charge is 2.52. The van der Waals surface area contributed by atoms with Crippen LogP contribution in [0.2, 0.25) is 0 Å². The molecule has 11 aromatic rings. The van der Waals surface area contributed by atoms with Crippen molar-refractivity contribution >= 4 is 27.1 Å². The minimum absolute atomic E-state index is 0.329. The lowest BCUT2D eigenvalue weighted by Gasteiger charge is -2.36. The van der Waals surface area contributed by atoms with Gasteiger partial charge in [0.25, 0.3) is 0 Å². The van der Waals surface area contributed by atoms with E-state index in [4.69, 9.17) is 0 Å². The number of hydrogen-bond acceptors (Lipinski definition) is 0. The Morgan fingerprint density at radius 3 is 1.14 bits per heavy atom. The Balaban J connectivity index is 1.26. The molecule has 0 saturated carbocycles. The first-order valence-corrected chi connectivity index (χ1v) is 24.9. The average molecular weight is 893 g/mol. The summed E-state index contributed by atoms with van der Waals surface area (Å²) >= 11 is 0. The van der Waals surface area contributed by atoms with E-state index < -0.39 is 10.8 Å². The summed E-state index contributed by atoms with van der Waals surface area (Å²) in [5.74, 6) is 0.329. The minimum Gasteiger partial charge on any atom is -0.0622 e. The van der Waals surface area contributed by atoms with Crippen LogP contribution in [0.5, 0.6) is 0 Å². The molecule has 0 fully saturated rings. The summed E-state index contributed by atoms with van der Waals surface area (Å²) in [6, 6.07) is 96.1. The van der Waals surface area contributed by atoms with Crippen LogP contribution in [-0.4, -0.2) is 0 Å². The van der Waals surface area contributed by atoms with Gasteiger partial charge in [-0.3, -0.25) is 0 Å². The Morgan fingerprint density at radius 1 is 0.300 bits per heavy atom. The van der Waals surface area contributed by atoms with Gasteiger partial charge in [-0.25, -0.2) is 0 Å². The molecule has 11 aromatic carbocycles. The van der Waals surface area contributed by atoms with Crippen LogP contribution in [0.4, 0.5) is 0 Å². The van der Waals surface area contributed by atoms with E-state index in [-0.39, 0.29) is 0 Å². The Kier molecular flexibility index (Phi) is 9.82. The van der Waals surface area contributed by atoms with Crippen molar-refractivity contribution in [2.24, 2.45) is 0 Å². The van der Waals surface area contributed by atoms with Crippen LogP contribution >= 0.6 is 0 Å². The second kappa shape index (κ2) is 16.4. The first-order chi connectivity index (χ1) is 34.5. The molecule has 0 unspecified atom stereocenters. The van der Waals surface area contributed by atoms with E-state index in [2.05, 4.69) is 276 Å². The van der Waals surface area contributed by atoms with Crippen molar-refractivity contribution in [1.82, 2.24) is 0 Å². The fourth-order valence-corrected chi connectivity index (χ4v) is 13.0. The van der Waals surface area contributed by atoms with Gasteiger partial charge in [0.2, 0.25) is 0 Å². The third kappa shape index (κ3) is 5.96. The molecule has 0 bridgehead atoms. The zero-order valence-corrected chi connectivity index (χ0v) is 39.8. The smallest absolute Gasteiger partial charge is 0.0622 e. The van der Waals surface area contributed by atoms with Crippen LogP contribution in [0.3, 0.4) is 0 Å². The zero-order valence-electron chi connectivity index (χ0n) is 39.8. The molecule has 2 aliphatic rings. The molecule has 0 spiro atoms. The zero-order chi connectivity index (χ0) is 47.0. The minimum atomic E-state index is -0.662. The van der Waals surface area contributed by atoms with E-state index in [0.29, 0.717) is 5.92 Å². The maximum atomic E-state index is 2.64. The summed E-state index contributed by atoms with van der Waals surface area (Å²) in [5, 5.41) is 5.02. The van der Waals surface area contributed by atoms with Gasteiger partial charge in [0.15, 0.2) is 0 Å². The maximum Gasteiger partial charge on any atom is 0.0714 e. The van der Waals surface area contributed by atoms with Gasteiger partial charge >= 0.3 is 0 Å². The molecule has 0 atom stereocenters. The second-order valence-corrected chi connectivity index (χ2v) is 19.6. The van der Waals surface area contributed by atoms with Crippen molar-refractivity contribution in [2.75, 3.05) is 0 Å². The van der Waals surface area contributed by atoms with E-state index in [1.807, 2.05) is 0 Å². The van der Waals surface area contributed by atoms with Gasteiger partial charge in [0.05, 0.1) is 10.8 Å². The second-order valence-electron chi connectivity index (χ2n) is 19.6. The van der Waals surface area contributed by atoms with Crippen LogP contribution in [0.1, 0.15) is 82.3 Å². The standard InChI is InChI=1S/C70H52/c1-46(2)54-38-22-23-39-55(54)66-47(3)69(50-30-14-6-15-31-50,51-32-16-7-17-33-51)65-43-59-58-42-60-61(44-63(58)70(64(59)45-62(65)66,52-34-18-8-19-35-52)53-36-20-9-21-37-53)68(49-28-12-5-13-29-49)57-41-25-24-40-56(57)67(60)48-26-10-4-11-27-48/h4-46H,1-3H3. The van der Waals surface area contributed by atoms with Gasteiger partial charge in [-0.15, -0.1) is 0 Å². The molecule has 0 heterocycles. The van der Waals surface area contributed by atoms with Gasteiger partial charge in [-0.1, -0.05) is 244 Å². The molecular weight excluding hydrogens is 841 g/mol. The Labute approximate surface area is 411 Å². The summed E-state index contributed by atoms with van der Waals surface area (Å²) in [6.45, 7) is 7.09. The van der Waals surface area contributed by atoms with Gasteiger partial charge in [0.1, 0.15) is 0 Å². The Bertz CT molecular complexity index is 3730. The molecule has 13 rings (SSSR count). The van der Waals surface area contributed by atoms with Crippen LogP contribution in [-0.2, 0) is 10.8 Å². The normalized spacial score (nSPS) is 14.2. The van der Waals surface area contributed by atoms with E-state index in [9.17, 15) is 0 Å². The van der Waals surface area contributed by atoms with E-state index in [1.165, 1.54) is 122 Å². The molecule has 0 radical (unpaired) electrons. The van der Waals surface area contributed by atoms with Crippen LogP contribution in [0, 0.1) is 0 Å².